The molecule has 2 N–H and O–H groups in total. The molecule has 0 spiro atoms. The fourth-order valence-electron chi connectivity index (χ4n) is 1.52. The van der Waals surface area contributed by atoms with Crippen LogP contribution in [0.4, 0.5) is 0 Å². The highest BCUT2D eigenvalue weighted by Crippen LogP contribution is 2.14. The van der Waals surface area contributed by atoms with Crippen LogP contribution in [0.15, 0.2) is 24.3 Å². The molecule has 0 aliphatic rings. The van der Waals surface area contributed by atoms with Crippen LogP contribution in [0.5, 0.6) is 0 Å². The lowest BCUT2D eigenvalue weighted by molar-refractivity contribution is 0.243. The van der Waals surface area contributed by atoms with E-state index in [4.69, 9.17) is 5.11 Å². The van der Waals surface area contributed by atoms with E-state index in [0.29, 0.717) is 0 Å². The first-order valence-electron chi connectivity index (χ1n) is 5.07. The van der Waals surface area contributed by atoms with Gasteiger partial charge < -0.3 is 10.4 Å². The normalized spacial score (nSPS) is 15.1. The summed E-state index contributed by atoms with van der Waals surface area (Å²) in [5.74, 6) is 0. The van der Waals surface area contributed by atoms with Gasteiger partial charge in [0.05, 0.1) is 6.61 Å². The Morgan fingerprint density at radius 3 is 2.64 bits per heavy atom. The van der Waals surface area contributed by atoms with Crippen LogP contribution in [0, 0.1) is 6.92 Å². The molecule has 1 unspecified atom stereocenters. The standard InChI is InChI=1S/C12H19NO/c1-9-5-4-6-12(7-9)11(3)13-10(2)8-14/h4-7,10-11,13-14H,8H2,1-3H3/t10-,11?/m1/s1. The van der Waals surface area contributed by atoms with Gasteiger partial charge in [-0.15, -0.1) is 0 Å². The smallest absolute Gasteiger partial charge is 0.0582 e. The molecule has 0 aliphatic carbocycles. The number of benzene rings is 1. The van der Waals surface area contributed by atoms with Gasteiger partial charge in [-0.1, -0.05) is 29.8 Å². The van der Waals surface area contributed by atoms with E-state index in [0.717, 1.165) is 0 Å². The highest BCUT2D eigenvalue weighted by molar-refractivity contribution is 5.24. The molecular weight excluding hydrogens is 174 g/mol. The van der Waals surface area contributed by atoms with E-state index in [1.807, 2.05) is 6.92 Å². The molecule has 0 heterocycles. The molecule has 1 aromatic carbocycles. The summed E-state index contributed by atoms with van der Waals surface area (Å²) >= 11 is 0. The van der Waals surface area contributed by atoms with Crippen molar-refractivity contribution in [3.63, 3.8) is 0 Å². The quantitative estimate of drug-likeness (QED) is 0.767. The molecule has 78 valence electrons. The molecule has 2 nitrogen and oxygen atoms in total. The third-order valence-corrected chi connectivity index (χ3v) is 2.35. The van der Waals surface area contributed by atoms with Crippen LogP contribution >= 0.6 is 0 Å². The van der Waals surface area contributed by atoms with E-state index in [9.17, 15) is 0 Å². The molecule has 1 aromatic rings. The minimum atomic E-state index is 0.144. The Kier molecular flexibility index (Phi) is 4.11. The molecule has 0 saturated carbocycles. The molecule has 0 saturated heterocycles. The molecule has 0 amide bonds. The van der Waals surface area contributed by atoms with Crippen molar-refractivity contribution in [3.8, 4) is 0 Å². The predicted octanol–water partition coefficient (Wildman–Crippen LogP) is 2.03. The first-order chi connectivity index (χ1) is 6.63. The lowest BCUT2D eigenvalue weighted by Gasteiger charge is -2.18. The van der Waals surface area contributed by atoms with Gasteiger partial charge in [0.2, 0.25) is 0 Å². The van der Waals surface area contributed by atoms with Crippen molar-refractivity contribution in [2.24, 2.45) is 0 Å². The van der Waals surface area contributed by atoms with Crippen molar-refractivity contribution in [2.75, 3.05) is 6.61 Å². The first-order valence-corrected chi connectivity index (χ1v) is 5.07. The number of hydrogen-bond donors (Lipinski definition) is 2. The number of hydrogen-bond acceptors (Lipinski definition) is 2. The number of nitrogens with one attached hydrogen (secondary N) is 1. The van der Waals surface area contributed by atoms with E-state index >= 15 is 0 Å². The van der Waals surface area contributed by atoms with Crippen molar-refractivity contribution < 1.29 is 5.11 Å². The minimum Gasteiger partial charge on any atom is -0.395 e. The van der Waals surface area contributed by atoms with Crippen LogP contribution in [0.1, 0.15) is 31.0 Å². The van der Waals surface area contributed by atoms with Gasteiger partial charge in [-0.05, 0) is 26.3 Å². The fraction of sp³-hybridized carbons (Fsp3) is 0.500. The maximum Gasteiger partial charge on any atom is 0.0582 e. The number of aliphatic hydroxyl groups is 1. The summed E-state index contributed by atoms with van der Waals surface area (Å²) in [4.78, 5) is 0. The molecule has 0 aliphatic heterocycles. The zero-order valence-corrected chi connectivity index (χ0v) is 9.12. The molecule has 0 bridgehead atoms. The van der Waals surface area contributed by atoms with Gasteiger partial charge in [-0.25, -0.2) is 0 Å². The van der Waals surface area contributed by atoms with E-state index < -0.39 is 0 Å². The van der Waals surface area contributed by atoms with Crippen LogP contribution < -0.4 is 5.32 Å². The largest absolute Gasteiger partial charge is 0.395 e. The topological polar surface area (TPSA) is 32.3 Å². The van der Waals surface area contributed by atoms with Crippen molar-refractivity contribution in [3.05, 3.63) is 35.4 Å². The molecule has 2 heteroatoms. The molecule has 14 heavy (non-hydrogen) atoms. The number of rotatable bonds is 4. The second kappa shape index (κ2) is 5.13. The minimum absolute atomic E-state index is 0.144. The van der Waals surface area contributed by atoms with Gasteiger partial charge in [0.15, 0.2) is 0 Å². The monoisotopic (exact) mass is 193 g/mol. The first kappa shape index (κ1) is 11.2. The summed E-state index contributed by atoms with van der Waals surface area (Å²) in [6.45, 7) is 6.36. The van der Waals surface area contributed by atoms with Crippen LogP contribution in [-0.4, -0.2) is 17.8 Å². The van der Waals surface area contributed by atoms with Gasteiger partial charge in [-0.2, -0.15) is 0 Å². The van der Waals surface area contributed by atoms with Gasteiger partial charge in [-0.3, -0.25) is 0 Å². The Balaban J connectivity index is 2.64. The Morgan fingerprint density at radius 1 is 1.36 bits per heavy atom. The molecule has 2 atom stereocenters. The summed E-state index contributed by atoms with van der Waals surface area (Å²) in [5.41, 5.74) is 2.54. The maximum absolute atomic E-state index is 8.92. The van der Waals surface area contributed by atoms with Gasteiger partial charge in [0.1, 0.15) is 0 Å². The second-order valence-corrected chi connectivity index (χ2v) is 3.89. The predicted molar refractivity (Wildman–Crippen MR) is 59.3 cm³/mol. The lowest BCUT2D eigenvalue weighted by atomic mass is 10.1. The van der Waals surface area contributed by atoms with Crippen molar-refractivity contribution in [2.45, 2.75) is 32.9 Å². The molecule has 0 fully saturated rings. The van der Waals surface area contributed by atoms with Gasteiger partial charge in [0, 0.05) is 12.1 Å². The Hall–Kier alpha value is -0.860. The third kappa shape index (κ3) is 3.13. The van der Waals surface area contributed by atoms with Gasteiger partial charge >= 0.3 is 0 Å². The molecule has 0 aromatic heterocycles. The summed E-state index contributed by atoms with van der Waals surface area (Å²) in [6.07, 6.45) is 0. The van der Waals surface area contributed by atoms with E-state index in [2.05, 4.69) is 43.4 Å². The highest BCUT2D eigenvalue weighted by Gasteiger charge is 2.07. The number of aryl methyl sites for hydroxylation is 1. The Morgan fingerprint density at radius 2 is 2.07 bits per heavy atom. The highest BCUT2D eigenvalue weighted by atomic mass is 16.3. The second-order valence-electron chi connectivity index (χ2n) is 3.89. The van der Waals surface area contributed by atoms with Crippen LogP contribution in [0.2, 0.25) is 0 Å². The van der Waals surface area contributed by atoms with Crippen molar-refractivity contribution in [1.82, 2.24) is 5.32 Å². The fourth-order valence-corrected chi connectivity index (χ4v) is 1.52. The zero-order valence-electron chi connectivity index (χ0n) is 9.12. The summed E-state index contributed by atoms with van der Waals surface area (Å²) < 4.78 is 0. The summed E-state index contributed by atoms with van der Waals surface area (Å²) in [7, 11) is 0. The van der Waals surface area contributed by atoms with Gasteiger partial charge in [0.25, 0.3) is 0 Å². The third-order valence-electron chi connectivity index (χ3n) is 2.35. The van der Waals surface area contributed by atoms with E-state index in [1.54, 1.807) is 0 Å². The number of aliphatic hydroxyl groups excluding tert-OH is 1. The van der Waals surface area contributed by atoms with E-state index in [-0.39, 0.29) is 18.7 Å². The molecule has 0 radical (unpaired) electrons. The molecular formula is C12H19NO. The Bertz CT molecular complexity index is 285. The maximum atomic E-state index is 8.92. The van der Waals surface area contributed by atoms with Crippen LogP contribution in [-0.2, 0) is 0 Å². The van der Waals surface area contributed by atoms with E-state index in [1.165, 1.54) is 11.1 Å². The summed E-state index contributed by atoms with van der Waals surface area (Å²) in [6, 6.07) is 8.86. The SMILES string of the molecule is Cc1cccc(C(C)N[C@H](C)CO)c1. The average molecular weight is 193 g/mol. The van der Waals surface area contributed by atoms with Crippen LogP contribution in [0.3, 0.4) is 0 Å². The summed E-state index contributed by atoms with van der Waals surface area (Å²) in [5, 5.41) is 12.2. The lowest BCUT2D eigenvalue weighted by Crippen LogP contribution is -2.31. The van der Waals surface area contributed by atoms with Crippen molar-refractivity contribution >= 4 is 0 Å². The van der Waals surface area contributed by atoms with Crippen LogP contribution in [0.25, 0.3) is 0 Å². The zero-order chi connectivity index (χ0) is 10.6. The molecule has 1 rings (SSSR count). The Labute approximate surface area is 86.0 Å². The average Bonchev–Trinajstić information content (AvgIpc) is 2.17. The van der Waals surface area contributed by atoms with Crippen molar-refractivity contribution in [1.29, 1.82) is 0 Å².